The molecule has 0 saturated carbocycles. The van der Waals surface area contributed by atoms with Crippen molar-refractivity contribution in [3.05, 3.63) is 0 Å². The lowest BCUT2D eigenvalue weighted by Gasteiger charge is -2.20. The molecule has 0 radical (unpaired) electrons. The van der Waals surface area contributed by atoms with Gasteiger partial charge in [0.1, 0.15) is 0 Å². The molecular formula is C7H11Br3N2O. The lowest BCUT2D eigenvalue weighted by atomic mass is 10.3. The quantitative estimate of drug-likeness (QED) is 0.704. The van der Waals surface area contributed by atoms with Gasteiger partial charge >= 0.3 is 0 Å². The van der Waals surface area contributed by atoms with Gasteiger partial charge in [0.15, 0.2) is 8.25 Å². The number of hydrogen-bond acceptors (Lipinski definition) is 3. The first-order valence-electron chi connectivity index (χ1n) is 4.09. The molecule has 0 aliphatic carbocycles. The molecule has 0 aromatic rings. The smallest absolute Gasteiger partial charge is 0.168 e. The summed E-state index contributed by atoms with van der Waals surface area (Å²) in [6.07, 6.45) is 3.87. The second-order valence-electron chi connectivity index (χ2n) is 2.76. The van der Waals surface area contributed by atoms with E-state index < -0.39 is 2.14 Å². The van der Waals surface area contributed by atoms with Gasteiger partial charge in [-0.2, -0.15) is 10.3 Å². The minimum absolute atomic E-state index is 0.121. The van der Waals surface area contributed by atoms with Gasteiger partial charge in [0.2, 0.25) is 0 Å². The third-order valence-electron chi connectivity index (χ3n) is 1.59. The number of hydroxylamine groups is 1. The van der Waals surface area contributed by atoms with Gasteiger partial charge < -0.3 is 0 Å². The first-order chi connectivity index (χ1) is 6.04. The molecule has 0 aromatic heterocycles. The van der Waals surface area contributed by atoms with E-state index in [1.165, 1.54) is 0 Å². The van der Waals surface area contributed by atoms with Crippen LogP contribution in [0.4, 0.5) is 0 Å². The molecule has 0 fully saturated rings. The van der Waals surface area contributed by atoms with Crippen molar-refractivity contribution >= 4 is 54.0 Å². The summed E-state index contributed by atoms with van der Waals surface area (Å²) in [6.45, 7) is 2.98. The Labute approximate surface area is 103 Å². The first-order valence-corrected chi connectivity index (χ1v) is 6.47. The molecule has 0 bridgehead atoms. The van der Waals surface area contributed by atoms with Gasteiger partial charge in [-0.15, -0.1) is 0 Å². The summed E-state index contributed by atoms with van der Waals surface area (Å²) >= 11 is 10.2. The molecule has 0 N–H and O–H groups in total. The molecule has 1 atom stereocenters. The molecule has 0 amide bonds. The van der Waals surface area contributed by atoms with Crippen molar-refractivity contribution in [1.82, 2.24) is 5.17 Å². The molecule has 13 heavy (non-hydrogen) atoms. The molecule has 6 heteroatoms. The second-order valence-corrected chi connectivity index (χ2v) is 9.71. The molecular weight excluding hydrogens is 368 g/mol. The SMILES string of the molecule is CCCCN1N=CC(C(Br)(Br)Br)O1. The van der Waals surface area contributed by atoms with E-state index in [1.54, 1.807) is 11.4 Å². The van der Waals surface area contributed by atoms with Crippen LogP contribution in [-0.2, 0) is 4.84 Å². The highest BCUT2D eigenvalue weighted by Crippen LogP contribution is 2.39. The second kappa shape index (κ2) is 5.09. The lowest BCUT2D eigenvalue weighted by Crippen LogP contribution is -2.29. The Morgan fingerprint density at radius 1 is 1.54 bits per heavy atom. The first kappa shape index (κ1) is 11.9. The minimum atomic E-state index is -0.419. The van der Waals surface area contributed by atoms with E-state index in [0.717, 1.165) is 19.4 Å². The normalized spacial score (nSPS) is 22.8. The molecule has 0 saturated heterocycles. The predicted molar refractivity (Wildman–Crippen MR) is 64.5 cm³/mol. The van der Waals surface area contributed by atoms with Gasteiger partial charge in [0, 0.05) is 0 Å². The van der Waals surface area contributed by atoms with E-state index in [2.05, 4.69) is 59.8 Å². The highest BCUT2D eigenvalue weighted by molar-refractivity contribution is 9.39. The van der Waals surface area contributed by atoms with E-state index in [0.29, 0.717) is 0 Å². The van der Waals surface area contributed by atoms with Crippen molar-refractivity contribution in [3.63, 3.8) is 0 Å². The van der Waals surface area contributed by atoms with Crippen LogP contribution in [0.3, 0.4) is 0 Å². The summed E-state index contributed by atoms with van der Waals surface area (Å²) < 4.78 is -0.419. The fourth-order valence-electron chi connectivity index (χ4n) is 0.869. The largest absolute Gasteiger partial charge is 0.244 e. The summed E-state index contributed by atoms with van der Waals surface area (Å²) in [6, 6.07) is 0. The van der Waals surface area contributed by atoms with Crippen LogP contribution in [0.15, 0.2) is 5.10 Å². The Morgan fingerprint density at radius 2 is 2.23 bits per heavy atom. The molecule has 1 aliphatic rings. The maximum absolute atomic E-state index is 5.50. The van der Waals surface area contributed by atoms with Crippen molar-refractivity contribution in [2.75, 3.05) is 6.54 Å². The summed E-state index contributed by atoms with van der Waals surface area (Å²) in [4.78, 5) is 5.50. The summed E-state index contributed by atoms with van der Waals surface area (Å²) in [5.41, 5.74) is 0. The minimum Gasteiger partial charge on any atom is -0.244 e. The molecule has 1 heterocycles. The Hall–Kier alpha value is 0.870. The van der Waals surface area contributed by atoms with Gasteiger partial charge in [-0.3, -0.25) is 0 Å². The zero-order chi connectivity index (χ0) is 9.90. The third kappa shape index (κ3) is 3.85. The molecule has 3 nitrogen and oxygen atoms in total. The monoisotopic (exact) mass is 376 g/mol. The van der Waals surface area contributed by atoms with Crippen LogP contribution >= 0.6 is 47.8 Å². The number of alkyl halides is 3. The lowest BCUT2D eigenvalue weighted by molar-refractivity contribution is -0.154. The van der Waals surface area contributed by atoms with Crippen LogP contribution in [0.25, 0.3) is 0 Å². The topological polar surface area (TPSA) is 24.8 Å². The Kier molecular flexibility index (Phi) is 4.68. The van der Waals surface area contributed by atoms with Crippen LogP contribution in [0.1, 0.15) is 19.8 Å². The van der Waals surface area contributed by atoms with Crippen molar-refractivity contribution < 1.29 is 4.84 Å². The fraction of sp³-hybridized carbons (Fsp3) is 0.857. The third-order valence-corrected chi connectivity index (χ3v) is 2.95. The number of hydrazone groups is 1. The Bertz CT molecular complexity index is 193. The number of rotatable bonds is 3. The molecule has 0 aromatic carbocycles. The zero-order valence-corrected chi connectivity index (χ0v) is 12.0. The maximum Gasteiger partial charge on any atom is 0.168 e. The van der Waals surface area contributed by atoms with E-state index in [-0.39, 0.29) is 6.10 Å². The van der Waals surface area contributed by atoms with Crippen LogP contribution in [0, 0.1) is 0 Å². The summed E-state index contributed by atoms with van der Waals surface area (Å²) in [5.74, 6) is 0. The van der Waals surface area contributed by atoms with E-state index in [4.69, 9.17) is 4.84 Å². The molecule has 1 aliphatic heterocycles. The van der Waals surface area contributed by atoms with Crippen molar-refractivity contribution in [1.29, 1.82) is 0 Å². The van der Waals surface area contributed by atoms with Crippen LogP contribution < -0.4 is 0 Å². The standard InChI is InChI=1S/C7H11Br3N2O/c1-2-3-4-12-11-5-6(13-12)7(8,9)10/h5-6H,2-4H2,1H3. The molecule has 76 valence electrons. The van der Waals surface area contributed by atoms with E-state index in [1.807, 2.05) is 0 Å². The fourth-order valence-corrected chi connectivity index (χ4v) is 1.47. The van der Waals surface area contributed by atoms with Crippen LogP contribution in [0.2, 0.25) is 0 Å². The van der Waals surface area contributed by atoms with E-state index in [9.17, 15) is 0 Å². The number of halogens is 3. The van der Waals surface area contributed by atoms with Gasteiger partial charge in [0.25, 0.3) is 0 Å². The van der Waals surface area contributed by atoms with Crippen LogP contribution in [-0.4, -0.2) is 26.2 Å². The zero-order valence-electron chi connectivity index (χ0n) is 7.21. The molecule has 1 unspecified atom stereocenters. The average molecular weight is 379 g/mol. The Morgan fingerprint density at radius 3 is 2.69 bits per heavy atom. The maximum atomic E-state index is 5.50. The average Bonchev–Trinajstić information content (AvgIpc) is 2.47. The predicted octanol–water partition coefficient (Wildman–Crippen LogP) is 3.23. The van der Waals surface area contributed by atoms with Gasteiger partial charge in [-0.25, -0.2) is 4.84 Å². The Balaban J connectivity index is 2.34. The van der Waals surface area contributed by atoms with Gasteiger partial charge in [0.05, 0.1) is 12.8 Å². The highest BCUT2D eigenvalue weighted by Gasteiger charge is 2.35. The summed E-state index contributed by atoms with van der Waals surface area (Å²) in [5, 5.41) is 5.73. The van der Waals surface area contributed by atoms with Gasteiger partial charge in [-0.1, -0.05) is 61.1 Å². The highest BCUT2D eigenvalue weighted by atomic mass is 80.0. The number of hydrogen-bond donors (Lipinski definition) is 0. The molecule has 0 spiro atoms. The van der Waals surface area contributed by atoms with E-state index >= 15 is 0 Å². The number of unbranched alkanes of at least 4 members (excludes halogenated alkanes) is 1. The molecule has 1 rings (SSSR count). The van der Waals surface area contributed by atoms with Crippen molar-refractivity contribution in [2.45, 2.75) is 28.0 Å². The summed E-state index contributed by atoms with van der Waals surface area (Å²) in [7, 11) is 0. The van der Waals surface area contributed by atoms with Crippen molar-refractivity contribution in [3.8, 4) is 0 Å². The van der Waals surface area contributed by atoms with Crippen LogP contribution in [0.5, 0.6) is 0 Å². The van der Waals surface area contributed by atoms with Crippen molar-refractivity contribution in [2.24, 2.45) is 5.10 Å². The number of nitrogens with zero attached hydrogens (tertiary/aromatic N) is 2. The van der Waals surface area contributed by atoms with Gasteiger partial charge in [-0.05, 0) is 6.42 Å².